The number of aromatic nitrogens is 3. The number of halogens is 4. The maximum Gasteiger partial charge on any atom is 0.416 e. The number of alkyl halides is 4. The van der Waals surface area contributed by atoms with E-state index in [0.29, 0.717) is 30.8 Å². The molecule has 2 atom stereocenters. The molecule has 2 unspecified atom stereocenters. The summed E-state index contributed by atoms with van der Waals surface area (Å²) in [6, 6.07) is 19.5. The Morgan fingerprint density at radius 3 is 2.27 bits per heavy atom. The first-order chi connectivity index (χ1) is 21.5. The standard InChI is InChI=1S/C31H27F4N5O4S/c32-28(21-5-9-24(10-6-21)31(33,34)35)30-38-29(39-44-30)22-7-13-26(14-8-22)45(42,43)40-25-11-3-20(4-12-25)15-17-37-19-27(41)23-2-1-16-36-18-23/h1-14,16,18,27-28,37,40-41H,15,17,19H2. The Kier molecular flexibility index (Phi) is 9.56. The number of benzene rings is 3. The first-order valence-corrected chi connectivity index (χ1v) is 15.1. The lowest BCUT2D eigenvalue weighted by Gasteiger charge is -2.12. The third-order valence-electron chi connectivity index (χ3n) is 6.82. The summed E-state index contributed by atoms with van der Waals surface area (Å²) in [6.45, 7) is 0.979. The van der Waals surface area contributed by atoms with Crippen molar-refractivity contribution in [2.45, 2.75) is 29.8 Å². The molecule has 45 heavy (non-hydrogen) atoms. The Hall–Kier alpha value is -4.66. The fraction of sp³-hybridized carbons (Fsp3) is 0.194. The number of aliphatic hydroxyl groups excluding tert-OH is 1. The van der Waals surface area contributed by atoms with E-state index < -0.39 is 39.9 Å². The minimum atomic E-state index is -4.55. The molecule has 234 valence electrons. The van der Waals surface area contributed by atoms with Crippen LogP contribution in [0.3, 0.4) is 0 Å². The van der Waals surface area contributed by atoms with Gasteiger partial charge in [-0.2, -0.15) is 18.2 Å². The highest BCUT2D eigenvalue weighted by molar-refractivity contribution is 7.92. The monoisotopic (exact) mass is 641 g/mol. The van der Waals surface area contributed by atoms with Gasteiger partial charge in [-0.25, -0.2) is 12.8 Å². The van der Waals surface area contributed by atoms with Crippen LogP contribution in [-0.2, 0) is 22.6 Å². The zero-order valence-electron chi connectivity index (χ0n) is 23.4. The van der Waals surface area contributed by atoms with Gasteiger partial charge < -0.3 is 14.9 Å². The van der Waals surface area contributed by atoms with Crippen molar-refractivity contribution in [3.05, 3.63) is 125 Å². The molecule has 0 radical (unpaired) electrons. The van der Waals surface area contributed by atoms with E-state index in [2.05, 4.69) is 25.2 Å². The normalized spacial score (nSPS) is 13.4. The second kappa shape index (κ2) is 13.5. The van der Waals surface area contributed by atoms with Crippen LogP contribution in [0.25, 0.3) is 11.4 Å². The van der Waals surface area contributed by atoms with Crippen LogP contribution in [0.4, 0.5) is 23.2 Å². The SMILES string of the molecule is O=S(=O)(Nc1ccc(CCNCC(O)c2cccnc2)cc1)c1ccc(-c2noc(C(F)c3ccc(C(F)(F)F)cc3)n2)cc1. The van der Waals surface area contributed by atoms with Gasteiger partial charge in [0.15, 0.2) is 0 Å². The van der Waals surface area contributed by atoms with Gasteiger partial charge >= 0.3 is 6.18 Å². The van der Waals surface area contributed by atoms with Crippen molar-refractivity contribution in [1.29, 1.82) is 0 Å². The summed E-state index contributed by atoms with van der Waals surface area (Å²) in [5.41, 5.74) is 1.40. The summed E-state index contributed by atoms with van der Waals surface area (Å²) in [5.74, 6) is -0.474. The van der Waals surface area contributed by atoms with E-state index in [0.717, 1.165) is 35.4 Å². The Morgan fingerprint density at radius 2 is 1.62 bits per heavy atom. The summed E-state index contributed by atoms with van der Waals surface area (Å²) in [4.78, 5) is 7.94. The predicted molar refractivity (Wildman–Crippen MR) is 157 cm³/mol. The van der Waals surface area contributed by atoms with Gasteiger partial charge in [-0.05, 0) is 78.7 Å². The molecule has 3 N–H and O–H groups in total. The van der Waals surface area contributed by atoms with E-state index in [1.54, 1.807) is 48.8 Å². The van der Waals surface area contributed by atoms with Gasteiger partial charge in [0.2, 0.25) is 12.0 Å². The van der Waals surface area contributed by atoms with Gasteiger partial charge in [0, 0.05) is 35.8 Å². The number of nitrogens with one attached hydrogen (secondary N) is 2. The fourth-order valence-electron chi connectivity index (χ4n) is 4.34. The number of hydrogen-bond donors (Lipinski definition) is 3. The number of nitrogens with zero attached hydrogens (tertiary/aromatic N) is 3. The molecule has 0 spiro atoms. The zero-order valence-corrected chi connectivity index (χ0v) is 24.3. The molecular weight excluding hydrogens is 614 g/mol. The molecule has 0 aliphatic rings. The van der Waals surface area contributed by atoms with E-state index in [1.165, 1.54) is 24.3 Å². The molecule has 5 rings (SSSR count). The van der Waals surface area contributed by atoms with Crippen molar-refractivity contribution in [2.75, 3.05) is 17.8 Å². The second-order valence-corrected chi connectivity index (χ2v) is 11.7. The second-order valence-electron chi connectivity index (χ2n) is 10.0. The minimum absolute atomic E-state index is 0.0202. The van der Waals surface area contributed by atoms with Crippen LogP contribution in [0, 0.1) is 0 Å². The highest BCUT2D eigenvalue weighted by Crippen LogP contribution is 2.32. The van der Waals surface area contributed by atoms with Crippen molar-refractivity contribution in [2.24, 2.45) is 0 Å². The molecule has 3 aromatic carbocycles. The average Bonchev–Trinajstić information content (AvgIpc) is 3.54. The minimum Gasteiger partial charge on any atom is -0.387 e. The van der Waals surface area contributed by atoms with E-state index in [4.69, 9.17) is 4.52 Å². The summed E-state index contributed by atoms with van der Waals surface area (Å²) in [5, 5.41) is 17.1. The van der Waals surface area contributed by atoms with Crippen LogP contribution in [-0.4, -0.2) is 41.7 Å². The van der Waals surface area contributed by atoms with Crippen molar-refractivity contribution in [1.82, 2.24) is 20.4 Å². The molecule has 0 aliphatic carbocycles. The number of rotatable bonds is 12. The van der Waals surface area contributed by atoms with Crippen LogP contribution in [0.2, 0.25) is 0 Å². The molecule has 9 nitrogen and oxygen atoms in total. The number of aliphatic hydroxyl groups is 1. The lowest BCUT2D eigenvalue weighted by atomic mass is 10.1. The van der Waals surface area contributed by atoms with Gasteiger partial charge in [-0.1, -0.05) is 35.5 Å². The molecule has 0 saturated heterocycles. The van der Waals surface area contributed by atoms with Crippen molar-refractivity contribution >= 4 is 15.7 Å². The average molecular weight is 642 g/mol. The molecular formula is C31H27F4N5O4S. The van der Waals surface area contributed by atoms with Crippen LogP contribution in [0.5, 0.6) is 0 Å². The maximum absolute atomic E-state index is 14.9. The van der Waals surface area contributed by atoms with Gasteiger partial charge in [0.1, 0.15) is 0 Å². The molecule has 0 aliphatic heterocycles. The van der Waals surface area contributed by atoms with E-state index in [-0.39, 0.29) is 16.3 Å². The maximum atomic E-state index is 14.9. The van der Waals surface area contributed by atoms with E-state index in [1.807, 2.05) is 0 Å². The quantitative estimate of drug-likeness (QED) is 0.114. The Labute approximate surface area is 256 Å². The van der Waals surface area contributed by atoms with E-state index >= 15 is 0 Å². The lowest BCUT2D eigenvalue weighted by molar-refractivity contribution is -0.137. The summed E-state index contributed by atoms with van der Waals surface area (Å²) in [7, 11) is -3.94. The Balaban J connectivity index is 1.14. The number of sulfonamides is 1. The first kappa shape index (κ1) is 31.8. The van der Waals surface area contributed by atoms with Gasteiger partial charge in [0.25, 0.3) is 15.9 Å². The molecule has 2 heterocycles. The molecule has 14 heteroatoms. The summed E-state index contributed by atoms with van der Waals surface area (Å²) < 4.78 is 86.6. The van der Waals surface area contributed by atoms with Gasteiger partial charge in [0.05, 0.1) is 16.6 Å². The largest absolute Gasteiger partial charge is 0.416 e. The third kappa shape index (κ3) is 8.09. The number of anilines is 1. The van der Waals surface area contributed by atoms with Crippen molar-refractivity contribution in [3.8, 4) is 11.4 Å². The topological polar surface area (TPSA) is 130 Å². The van der Waals surface area contributed by atoms with Gasteiger partial charge in [-0.15, -0.1) is 0 Å². The van der Waals surface area contributed by atoms with Gasteiger partial charge in [-0.3, -0.25) is 9.71 Å². The summed E-state index contributed by atoms with van der Waals surface area (Å²) in [6.07, 6.45) is -3.25. The lowest BCUT2D eigenvalue weighted by Crippen LogP contribution is -2.23. The Morgan fingerprint density at radius 1 is 0.911 bits per heavy atom. The number of hydrogen-bond acceptors (Lipinski definition) is 8. The van der Waals surface area contributed by atoms with Crippen molar-refractivity contribution < 1.29 is 35.6 Å². The zero-order chi connectivity index (χ0) is 32.0. The molecule has 0 bridgehead atoms. The fourth-order valence-corrected chi connectivity index (χ4v) is 5.40. The smallest absolute Gasteiger partial charge is 0.387 e. The summed E-state index contributed by atoms with van der Waals surface area (Å²) >= 11 is 0. The highest BCUT2D eigenvalue weighted by Gasteiger charge is 2.31. The van der Waals surface area contributed by atoms with E-state index in [9.17, 15) is 31.1 Å². The molecule has 2 aromatic heterocycles. The predicted octanol–water partition coefficient (Wildman–Crippen LogP) is 5.88. The van der Waals surface area contributed by atoms with Crippen molar-refractivity contribution in [3.63, 3.8) is 0 Å². The first-order valence-electron chi connectivity index (χ1n) is 13.7. The third-order valence-corrected chi connectivity index (χ3v) is 8.21. The van der Waals surface area contributed by atoms with Crippen LogP contribution in [0.1, 0.15) is 40.4 Å². The van der Waals surface area contributed by atoms with Crippen LogP contribution < -0.4 is 10.0 Å². The molecule has 0 amide bonds. The van der Waals surface area contributed by atoms with Crippen LogP contribution in [0.15, 0.2) is 107 Å². The van der Waals surface area contributed by atoms with Crippen LogP contribution >= 0.6 is 0 Å². The molecule has 5 aromatic rings. The highest BCUT2D eigenvalue weighted by atomic mass is 32.2. The molecule has 0 fully saturated rings. The number of pyridine rings is 1. The molecule has 0 saturated carbocycles. The Bertz CT molecular complexity index is 1800.